The molecule has 1 aromatic heterocycles. The van der Waals surface area contributed by atoms with E-state index in [1.165, 1.54) is 24.3 Å². The van der Waals surface area contributed by atoms with Crippen molar-refractivity contribution in [1.82, 2.24) is 15.5 Å². The fraction of sp³-hybridized carbons (Fsp3) is 0.357. The molecular weight excluding hydrogens is 395 g/mol. The van der Waals surface area contributed by atoms with Gasteiger partial charge in [-0.2, -0.15) is 8.78 Å². The Kier molecular flexibility index (Phi) is 6.31. The van der Waals surface area contributed by atoms with E-state index < -0.39 is 41.0 Å². The minimum absolute atomic E-state index is 0.149. The van der Waals surface area contributed by atoms with Crippen LogP contribution in [0.1, 0.15) is 11.7 Å². The summed E-state index contributed by atoms with van der Waals surface area (Å²) < 4.78 is 60.2. The van der Waals surface area contributed by atoms with Gasteiger partial charge in [0.25, 0.3) is 5.91 Å². The van der Waals surface area contributed by atoms with E-state index in [2.05, 4.69) is 10.2 Å². The zero-order valence-electron chi connectivity index (χ0n) is 13.3. The maximum absolute atomic E-state index is 13.0. The molecule has 12 heteroatoms. The molecule has 0 aliphatic heterocycles. The number of nitrogens with one attached hydrogen (secondary N) is 1. The third-order valence-electron chi connectivity index (χ3n) is 3.30. The second-order valence-electron chi connectivity index (χ2n) is 5.28. The fourth-order valence-electron chi connectivity index (χ4n) is 1.98. The molecule has 0 fully saturated rings. The summed E-state index contributed by atoms with van der Waals surface area (Å²) in [6.45, 7) is -1.24. The average Bonchev–Trinajstić information content (AvgIpc) is 3.09. The number of carbonyl (C=O) groups is 1. The first-order valence-electron chi connectivity index (χ1n) is 7.10. The number of alkyl halides is 3. The van der Waals surface area contributed by atoms with Crippen molar-refractivity contribution in [3.8, 4) is 10.6 Å². The molecule has 1 heterocycles. The van der Waals surface area contributed by atoms with Gasteiger partial charge in [-0.05, 0) is 5.56 Å². The van der Waals surface area contributed by atoms with Crippen LogP contribution in [0, 0.1) is 0 Å². The molecule has 2 rings (SSSR count). The predicted molar refractivity (Wildman–Crippen MR) is 87.3 cm³/mol. The number of aliphatic hydroxyl groups excluding tert-OH is 1. The summed E-state index contributed by atoms with van der Waals surface area (Å²) in [5.41, 5.74) is 0.681. The van der Waals surface area contributed by atoms with Crippen LogP contribution in [0.15, 0.2) is 28.6 Å². The maximum Gasteiger partial charge on any atom is 0.315 e. The van der Waals surface area contributed by atoms with Gasteiger partial charge >= 0.3 is 6.43 Å². The van der Waals surface area contributed by atoms with E-state index in [4.69, 9.17) is 0 Å². The molecule has 7 nitrogen and oxygen atoms in total. The first-order chi connectivity index (χ1) is 12.1. The molecule has 2 N–H and O–H groups in total. The number of rotatable bonds is 7. The summed E-state index contributed by atoms with van der Waals surface area (Å²) in [5, 5.41) is 19.5. The van der Waals surface area contributed by atoms with Crippen molar-refractivity contribution in [2.45, 2.75) is 22.9 Å². The van der Waals surface area contributed by atoms with E-state index in [-0.39, 0.29) is 9.90 Å². The second-order valence-corrected chi connectivity index (χ2v) is 8.45. The quantitative estimate of drug-likeness (QED) is 0.715. The van der Waals surface area contributed by atoms with Crippen LogP contribution in [0.4, 0.5) is 13.2 Å². The van der Waals surface area contributed by atoms with Gasteiger partial charge in [0, 0.05) is 11.8 Å². The third-order valence-corrected chi connectivity index (χ3v) is 5.94. The van der Waals surface area contributed by atoms with Crippen LogP contribution < -0.4 is 5.32 Å². The summed E-state index contributed by atoms with van der Waals surface area (Å²) in [4.78, 5) is 11.0. The SMILES string of the molecule is CS(=O)(=O)c1nnc(-c2ccc(C(O)C(CF)NC(=O)C(F)F)cc2)s1. The molecule has 0 bridgehead atoms. The van der Waals surface area contributed by atoms with Gasteiger partial charge in [-0.1, -0.05) is 35.6 Å². The van der Waals surface area contributed by atoms with E-state index in [9.17, 15) is 31.5 Å². The molecule has 0 radical (unpaired) electrons. The van der Waals surface area contributed by atoms with Crippen LogP contribution in [-0.4, -0.2) is 55.0 Å². The van der Waals surface area contributed by atoms with Crippen LogP contribution in [-0.2, 0) is 14.6 Å². The Bertz CT molecular complexity index is 872. The Morgan fingerprint density at radius 3 is 2.35 bits per heavy atom. The Morgan fingerprint density at radius 1 is 1.27 bits per heavy atom. The number of halogens is 3. The van der Waals surface area contributed by atoms with Gasteiger partial charge < -0.3 is 10.4 Å². The maximum atomic E-state index is 13.0. The molecule has 0 aliphatic rings. The normalized spacial score (nSPS) is 14.2. The molecular formula is C14H14F3N3O4S2. The lowest BCUT2D eigenvalue weighted by atomic mass is 10.0. The molecule has 26 heavy (non-hydrogen) atoms. The zero-order chi connectivity index (χ0) is 19.5. The first-order valence-corrected chi connectivity index (χ1v) is 9.80. The highest BCUT2D eigenvalue weighted by molar-refractivity contribution is 7.92. The van der Waals surface area contributed by atoms with Gasteiger partial charge in [0.15, 0.2) is 0 Å². The van der Waals surface area contributed by atoms with Crippen molar-refractivity contribution in [3.63, 3.8) is 0 Å². The number of carbonyl (C=O) groups excluding carboxylic acids is 1. The van der Waals surface area contributed by atoms with E-state index >= 15 is 0 Å². The van der Waals surface area contributed by atoms with Crippen molar-refractivity contribution < 1.29 is 31.5 Å². The predicted octanol–water partition coefficient (Wildman–Crippen LogP) is 1.36. The van der Waals surface area contributed by atoms with E-state index in [0.29, 0.717) is 10.6 Å². The Balaban J connectivity index is 2.17. The van der Waals surface area contributed by atoms with Gasteiger partial charge in [0.2, 0.25) is 14.2 Å². The first kappa shape index (κ1) is 20.3. The lowest BCUT2D eigenvalue weighted by Crippen LogP contribution is -2.43. The summed E-state index contributed by atoms with van der Waals surface area (Å²) in [7, 11) is -3.48. The minimum Gasteiger partial charge on any atom is -0.386 e. The van der Waals surface area contributed by atoms with Gasteiger partial charge in [-0.3, -0.25) is 4.79 Å². The largest absolute Gasteiger partial charge is 0.386 e. The Labute approximate surface area is 150 Å². The molecule has 0 saturated carbocycles. The third kappa shape index (κ3) is 4.77. The van der Waals surface area contributed by atoms with Crippen molar-refractivity contribution in [3.05, 3.63) is 29.8 Å². The highest BCUT2D eigenvalue weighted by Gasteiger charge is 2.26. The average molecular weight is 409 g/mol. The van der Waals surface area contributed by atoms with Gasteiger partial charge in [-0.25, -0.2) is 12.8 Å². The number of hydrogen-bond donors (Lipinski definition) is 2. The number of benzene rings is 1. The summed E-state index contributed by atoms with van der Waals surface area (Å²) in [5.74, 6) is -1.68. The summed E-state index contributed by atoms with van der Waals surface area (Å²) in [6.07, 6.45) is -3.86. The topological polar surface area (TPSA) is 109 Å². The number of nitrogens with zero attached hydrogens (tertiary/aromatic N) is 2. The molecule has 0 aliphatic carbocycles. The second kappa shape index (κ2) is 8.10. The number of aromatic nitrogens is 2. The van der Waals surface area contributed by atoms with Crippen molar-refractivity contribution >= 4 is 27.1 Å². The number of aliphatic hydroxyl groups is 1. The van der Waals surface area contributed by atoms with E-state index in [1.807, 2.05) is 0 Å². The van der Waals surface area contributed by atoms with E-state index in [1.54, 1.807) is 5.32 Å². The van der Waals surface area contributed by atoms with Crippen molar-refractivity contribution in [2.24, 2.45) is 0 Å². The van der Waals surface area contributed by atoms with Gasteiger partial charge in [0.05, 0.1) is 6.04 Å². The summed E-state index contributed by atoms with van der Waals surface area (Å²) >= 11 is 0.857. The number of amides is 1. The highest BCUT2D eigenvalue weighted by Crippen LogP contribution is 2.27. The standard InChI is InChI=1S/C14H14F3N3O4S2/c1-26(23,24)14-20-19-13(25-14)8-4-2-7(3-5-8)10(21)9(6-15)18-12(22)11(16)17/h2-5,9-11,21H,6H2,1H3,(H,18,22). The lowest BCUT2D eigenvalue weighted by molar-refractivity contribution is -0.133. The molecule has 142 valence electrons. The molecule has 0 saturated heterocycles. The van der Waals surface area contributed by atoms with E-state index in [0.717, 1.165) is 17.6 Å². The number of hydrogen-bond acceptors (Lipinski definition) is 7. The zero-order valence-corrected chi connectivity index (χ0v) is 14.9. The van der Waals surface area contributed by atoms with Crippen LogP contribution in [0.25, 0.3) is 10.6 Å². The molecule has 2 unspecified atom stereocenters. The molecule has 1 aromatic carbocycles. The van der Waals surface area contributed by atoms with Gasteiger partial charge in [0.1, 0.15) is 17.8 Å². The molecule has 2 aromatic rings. The fourth-order valence-corrected chi connectivity index (χ4v) is 3.59. The van der Waals surface area contributed by atoms with Crippen LogP contribution in [0.2, 0.25) is 0 Å². The van der Waals surface area contributed by atoms with Crippen LogP contribution in [0.5, 0.6) is 0 Å². The molecule has 0 spiro atoms. The van der Waals surface area contributed by atoms with Crippen LogP contribution >= 0.6 is 11.3 Å². The number of sulfone groups is 1. The monoisotopic (exact) mass is 409 g/mol. The van der Waals surface area contributed by atoms with Crippen molar-refractivity contribution in [2.75, 3.05) is 12.9 Å². The lowest BCUT2D eigenvalue weighted by Gasteiger charge is -2.21. The summed E-state index contributed by atoms with van der Waals surface area (Å²) in [6, 6.07) is 4.21. The molecule has 1 amide bonds. The van der Waals surface area contributed by atoms with Crippen LogP contribution in [0.3, 0.4) is 0 Å². The smallest absolute Gasteiger partial charge is 0.315 e. The Morgan fingerprint density at radius 2 is 1.88 bits per heavy atom. The van der Waals surface area contributed by atoms with Gasteiger partial charge in [-0.15, -0.1) is 10.2 Å². The highest BCUT2D eigenvalue weighted by atomic mass is 32.2. The van der Waals surface area contributed by atoms with Crippen molar-refractivity contribution in [1.29, 1.82) is 0 Å². The molecule has 2 atom stereocenters. The Hall–Kier alpha value is -2.05. The minimum atomic E-state index is -3.48.